The number of rotatable bonds is 3. The van der Waals surface area contributed by atoms with Crippen LogP contribution in [0.15, 0.2) is 0 Å². The molecule has 1 aliphatic carbocycles. The molecule has 21 heavy (non-hydrogen) atoms. The summed E-state index contributed by atoms with van der Waals surface area (Å²) < 4.78 is 24.3. The molecule has 1 saturated carbocycles. The molecule has 0 aromatic carbocycles. The molecule has 2 atom stereocenters. The maximum absolute atomic E-state index is 12.5. The van der Waals surface area contributed by atoms with Gasteiger partial charge in [-0.15, -0.1) is 0 Å². The van der Waals surface area contributed by atoms with Crippen LogP contribution in [0.4, 0.5) is 0 Å². The quantitative estimate of drug-likeness (QED) is 0.789. The highest BCUT2D eigenvalue weighted by atomic mass is 32.2. The van der Waals surface area contributed by atoms with Crippen molar-refractivity contribution in [2.45, 2.75) is 25.7 Å². The average Bonchev–Trinajstić information content (AvgIpc) is 2.45. The van der Waals surface area contributed by atoms with E-state index in [1.807, 2.05) is 0 Å². The molecule has 2 rings (SSSR count). The number of amides is 1. The first-order valence-electron chi connectivity index (χ1n) is 7.27. The molecule has 7 nitrogen and oxygen atoms in total. The number of carbonyl (C=O) groups excluding carboxylic acids is 1. The van der Waals surface area contributed by atoms with Gasteiger partial charge in [-0.3, -0.25) is 9.59 Å². The number of carboxylic acids is 1. The minimum absolute atomic E-state index is 0.129. The van der Waals surface area contributed by atoms with Crippen LogP contribution in [0.2, 0.25) is 0 Å². The Morgan fingerprint density at radius 3 is 2.00 bits per heavy atom. The number of hydrogen-bond acceptors (Lipinski definition) is 4. The van der Waals surface area contributed by atoms with Crippen LogP contribution in [0.5, 0.6) is 0 Å². The van der Waals surface area contributed by atoms with E-state index in [0.717, 1.165) is 19.1 Å². The average molecular weight is 318 g/mol. The Bertz CT molecular complexity index is 511. The summed E-state index contributed by atoms with van der Waals surface area (Å²) in [5, 5.41) is 9.25. The fourth-order valence-corrected chi connectivity index (χ4v) is 4.02. The van der Waals surface area contributed by atoms with Crippen molar-refractivity contribution in [3.05, 3.63) is 0 Å². The molecule has 0 aromatic rings. The number of hydrogen-bond donors (Lipinski definition) is 1. The molecule has 1 amide bonds. The highest BCUT2D eigenvalue weighted by molar-refractivity contribution is 7.88. The Kier molecular flexibility index (Phi) is 4.88. The summed E-state index contributed by atoms with van der Waals surface area (Å²) in [7, 11) is -3.22. The minimum Gasteiger partial charge on any atom is -0.481 e. The molecule has 2 fully saturated rings. The van der Waals surface area contributed by atoms with Gasteiger partial charge in [0.2, 0.25) is 15.9 Å². The molecule has 1 N–H and O–H groups in total. The van der Waals surface area contributed by atoms with Crippen molar-refractivity contribution in [3.8, 4) is 0 Å². The van der Waals surface area contributed by atoms with Crippen molar-refractivity contribution < 1.29 is 23.1 Å². The first kappa shape index (κ1) is 16.2. The summed E-state index contributed by atoms with van der Waals surface area (Å²) in [5.74, 6) is -2.08. The molecule has 0 radical (unpaired) electrons. The van der Waals surface area contributed by atoms with Gasteiger partial charge < -0.3 is 10.0 Å². The standard InChI is InChI=1S/C13H22N2O5S/c1-21(19,20)15-8-6-14(7-9-15)12(16)10-4-2-3-5-11(10)13(17)18/h10-11H,2-9H2,1H3,(H,17,18)/t10-,11+/m1/s1. The number of piperazine rings is 1. The van der Waals surface area contributed by atoms with Gasteiger partial charge >= 0.3 is 5.97 Å². The number of sulfonamides is 1. The summed E-state index contributed by atoms with van der Waals surface area (Å²) in [6.45, 7) is 1.26. The molecule has 0 aromatic heterocycles. The monoisotopic (exact) mass is 318 g/mol. The summed E-state index contributed by atoms with van der Waals surface area (Å²) in [6, 6.07) is 0. The summed E-state index contributed by atoms with van der Waals surface area (Å²) >= 11 is 0. The van der Waals surface area contributed by atoms with Crippen LogP contribution < -0.4 is 0 Å². The lowest BCUT2D eigenvalue weighted by Gasteiger charge is -2.37. The van der Waals surface area contributed by atoms with E-state index < -0.39 is 27.8 Å². The van der Waals surface area contributed by atoms with E-state index in [-0.39, 0.29) is 19.0 Å². The third kappa shape index (κ3) is 3.74. The van der Waals surface area contributed by atoms with Gasteiger partial charge in [0.25, 0.3) is 0 Å². The van der Waals surface area contributed by atoms with Gasteiger partial charge in [-0.25, -0.2) is 8.42 Å². The van der Waals surface area contributed by atoms with Gasteiger partial charge in [0, 0.05) is 26.2 Å². The van der Waals surface area contributed by atoms with Crippen LogP contribution in [-0.2, 0) is 19.6 Å². The van der Waals surface area contributed by atoms with Crippen LogP contribution in [0.1, 0.15) is 25.7 Å². The van der Waals surface area contributed by atoms with Gasteiger partial charge in [-0.2, -0.15) is 4.31 Å². The zero-order valence-electron chi connectivity index (χ0n) is 12.2. The number of aliphatic carboxylic acids is 1. The largest absolute Gasteiger partial charge is 0.481 e. The van der Waals surface area contributed by atoms with E-state index in [4.69, 9.17) is 0 Å². The van der Waals surface area contributed by atoms with Crippen LogP contribution in [0, 0.1) is 11.8 Å². The lowest BCUT2D eigenvalue weighted by molar-refractivity contribution is -0.152. The van der Waals surface area contributed by atoms with E-state index >= 15 is 0 Å². The smallest absolute Gasteiger partial charge is 0.307 e. The first-order valence-corrected chi connectivity index (χ1v) is 9.12. The molecule has 0 unspecified atom stereocenters. The SMILES string of the molecule is CS(=O)(=O)N1CCN(C(=O)[C@@H]2CCCC[C@@H]2C(=O)O)CC1. The topological polar surface area (TPSA) is 95.0 Å². The molecular formula is C13H22N2O5S. The van der Waals surface area contributed by atoms with Crippen LogP contribution in [-0.4, -0.2) is 67.0 Å². The third-order valence-electron chi connectivity index (χ3n) is 4.42. The summed E-state index contributed by atoms with van der Waals surface area (Å²) in [4.78, 5) is 25.4. The van der Waals surface area contributed by atoms with Crippen molar-refractivity contribution in [2.75, 3.05) is 32.4 Å². The molecule has 1 saturated heterocycles. The molecule has 2 aliphatic rings. The van der Waals surface area contributed by atoms with Crippen molar-refractivity contribution in [1.82, 2.24) is 9.21 Å². The second kappa shape index (κ2) is 6.31. The molecule has 0 spiro atoms. The van der Waals surface area contributed by atoms with Gasteiger partial charge in [0.1, 0.15) is 0 Å². The Balaban J connectivity index is 1.99. The molecule has 120 valence electrons. The highest BCUT2D eigenvalue weighted by Crippen LogP contribution is 2.32. The number of carboxylic acid groups (broad SMARTS) is 1. The Morgan fingerprint density at radius 2 is 1.52 bits per heavy atom. The van der Waals surface area contributed by atoms with Crippen molar-refractivity contribution >= 4 is 21.9 Å². The minimum atomic E-state index is -3.22. The van der Waals surface area contributed by atoms with Crippen molar-refractivity contribution in [3.63, 3.8) is 0 Å². The maximum Gasteiger partial charge on any atom is 0.307 e. The fraction of sp³-hybridized carbons (Fsp3) is 0.846. The lowest BCUT2D eigenvalue weighted by Crippen LogP contribution is -2.53. The van der Waals surface area contributed by atoms with E-state index in [0.29, 0.717) is 25.9 Å². The molecule has 8 heteroatoms. The second-order valence-corrected chi connectivity index (χ2v) is 7.81. The van der Waals surface area contributed by atoms with E-state index in [1.54, 1.807) is 4.90 Å². The third-order valence-corrected chi connectivity index (χ3v) is 5.72. The zero-order valence-corrected chi connectivity index (χ0v) is 13.0. The Morgan fingerprint density at radius 1 is 1.00 bits per heavy atom. The van der Waals surface area contributed by atoms with Crippen LogP contribution in [0.25, 0.3) is 0 Å². The van der Waals surface area contributed by atoms with Crippen LogP contribution in [0.3, 0.4) is 0 Å². The lowest BCUT2D eigenvalue weighted by atomic mass is 9.78. The number of nitrogens with zero attached hydrogens (tertiary/aromatic N) is 2. The Hall–Kier alpha value is -1.15. The van der Waals surface area contributed by atoms with E-state index in [1.165, 1.54) is 4.31 Å². The predicted molar refractivity (Wildman–Crippen MR) is 76.1 cm³/mol. The summed E-state index contributed by atoms with van der Waals surface area (Å²) in [6.07, 6.45) is 4.05. The fourth-order valence-electron chi connectivity index (χ4n) is 3.20. The maximum atomic E-state index is 12.5. The molecule has 0 bridgehead atoms. The summed E-state index contributed by atoms with van der Waals surface area (Å²) in [5.41, 5.74) is 0. The van der Waals surface area contributed by atoms with Crippen molar-refractivity contribution in [1.29, 1.82) is 0 Å². The van der Waals surface area contributed by atoms with Gasteiger partial charge in [0.05, 0.1) is 18.1 Å². The second-order valence-electron chi connectivity index (χ2n) is 5.82. The predicted octanol–water partition coefficient (Wildman–Crippen LogP) is -0.0188. The molecule has 1 heterocycles. The first-order chi connectivity index (χ1) is 9.80. The van der Waals surface area contributed by atoms with E-state index in [9.17, 15) is 23.1 Å². The van der Waals surface area contributed by atoms with Crippen LogP contribution >= 0.6 is 0 Å². The van der Waals surface area contributed by atoms with Gasteiger partial charge in [-0.05, 0) is 12.8 Å². The normalized spacial score (nSPS) is 28.3. The van der Waals surface area contributed by atoms with Gasteiger partial charge in [0.15, 0.2) is 0 Å². The van der Waals surface area contributed by atoms with E-state index in [2.05, 4.69) is 0 Å². The molecule has 1 aliphatic heterocycles. The number of carbonyl (C=O) groups is 2. The van der Waals surface area contributed by atoms with Crippen molar-refractivity contribution in [2.24, 2.45) is 11.8 Å². The zero-order chi connectivity index (χ0) is 15.6. The van der Waals surface area contributed by atoms with Gasteiger partial charge in [-0.1, -0.05) is 12.8 Å². The Labute approximate surface area is 125 Å². The molecular weight excluding hydrogens is 296 g/mol. The highest BCUT2D eigenvalue weighted by Gasteiger charge is 2.39.